The molecular formula is C30H31F5N2O. The van der Waals surface area contributed by atoms with Gasteiger partial charge in [0.25, 0.3) is 5.91 Å². The molecule has 1 fully saturated rings. The molecule has 0 spiro atoms. The predicted molar refractivity (Wildman–Crippen MR) is 136 cm³/mol. The maximum absolute atomic E-state index is 13.8. The zero-order valence-electron chi connectivity index (χ0n) is 21.4. The van der Waals surface area contributed by atoms with Gasteiger partial charge in [-0.15, -0.1) is 0 Å². The number of hydrogen-bond donors (Lipinski definition) is 0. The molecule has 0 aliphatic carbocycles. The Morgan fingerprint density at radius 2 is 1.66 bits per heavy atom. The van der Waals surface area contributed by atoms with Gasteiger partial charge >= 0.3 is 6.18 Å². The minimum absolute atomic E-state index is 0.149. The smallest absolute Gasteiger partial charge is 0.338 e. The normalized spacial score (nSPS) is 18.2. The van der Waals surface area contributed by atoms with Crippen molar-refractivity contribution >= 4 is 5.91 Å². The molecule has 0 aromatic heterocycles. The second kappa shape index (κ2) is 11.6. The van der Waals surface area contributed by atoms with Crippen LogP contribution in [0.5, 0.6) is 0 Å². The predicted octanol–water partition coefficient (Wildman–Crippen LogP) is 7.00. The van der Waals surface area contributed by atoms with Crippen LogP contribution in [0, 0.1) is 23.5 Å². The first-order valence-corrected chi connectivity index (χ1v) is 12.7. The summed E-state index contributed by atoms with van der Waals surface area (Å²) in [6.45, 7) is 6.20. The summed E-state index contributed by atoms with van der Waals surface area (Å²) >= 11 is 0. The first kappa shape index (κ1) is 27.8. The lowest BCUT2D eigenvalue weighted by Crippen LogP contribution is -2.39. The molecule has 1 saturated heterocycles. The summed E-state index contributed by atoms with van der Waals surface area (Å²) in [7, 11) is 0. The fourth-order valence-corrected chi connectivity index (χ4v) is 5.23. The van der Waals surface area contributed by atoms with E-state index in [4.69, 9.17) is 0 Å². The van der Waals surface area contributed by atoms with Crippen LogP contribution >= 0.6 is 0 Å². The van der Waals surface area contributed by atoms with E-state index in [9.17, 15) is 26.7 Å². The molecule has 1 amide bonds. The van der Waals surface area contributed by atoms with Crippen LogP contribution in [0.1, 0.15) is 46.8 Å². The molecule has 1 aliphatic rings. The summed E-state index contributed by atoms with van der Waals surface area (Å²) in [5, 5.41) is 0. The third-order valence-corrected chi connectivity index (χ3v) is 6.87. The van der Waals surface area contributed by atoms with Gasteiger partial charge in [0.15, 0.2) is 0 Å². The van der Waals surface area contributed by atoms with E-state index in [-0.39, 0.29) is 29.5 Å². The van der Waals surface area contributed by atoms with Crippen molar-refractivity contribution in [3.05, 3.63) is 107 Å². The Hall–Kier alpha value is -3.26. The van der Waals surface area contributed by atoms with Crippen LogP contribution in [0.3, 0.4) is 0 Å². The van der Waals surface area contributed by atoms with Crippen LogP contribution in [-0.2, 0) is 12.7 Å². The van der Waals surface area contributed by atoms with Gasteiger partial charge in [0, 0.05) is 44.2 Å². The summed E-state index contributed by atoms with van der Waals surface area (Å²) in [5.74, 6) is -1.30. The third-order valence-electron chi connectivity index (χ3n) is 6.87. The largest absolute Gasteiger partial charge is 0.416 e. The Balaban J connectivity index is 1.63. The topological polar surface area (TPSA) is 23.6 Å². The molecule has 8 heteroatoms. The molecule has 1 aliphatic heterocycles. The summed E-state index contributed by atoms with van der Waals surface area (Å²) in [5.41, 5.74) is 0.983. The van der Waals surface area contributed by atoms with Gasteiger partial charge < -0.3 is 4.90 Å². The van der Waals surface area contributed by atoms with E-state index in [0.717, 1.165) is 11.6 Å². The van der Waals surface area contributed by atoms with Gasteiger partial charge in [0.05, 0.1) is 5.56 Å². The van der Waals surface area contributed by atoms with Crippen LogP contribution in [0.15, 0.2) is 72.8 Å². The highest BCUT2D eigenvalue weighted by Crippen LogP contribution is 2.37. The molecule has 1 heterocycles. The van der Waals surface area contributed by atoms with Crippen molar-refractivity contribution in [3.63, 3.8) is 0 Å². The maximum Gasteiger partial charge on any atom is 0.416 e. The minimum Gasteiger partial charge on any atom is -0.338 e. The summed E-state index contributed by atoms with van der Waals surface area (Å²) < 4.78 is 67.8. The number of halogens is 5. The van der Waals surface area contributed by atoms with E-state index in [1.54, 1.807) is 17.0 Å². The summed E-state index contributed by atoms with van der Waals surface area (Å²) in [6, 6.07) is 17.0. The van der Waals surface area contributed by atoms with Crippen LogP contribution in [0.4, 0.5) is 22.0 Å². The number of rotatable bonds is 8. The van der Waals surface area contributed by atoms with Crippen LogP contribution in [0.25, 0.3) is 0 Å². The van der Waals surface area contributed by atoms with Gasteiger partial charge in [0.2, 0.25) is 0 Å². The van der Waals surface area contributed by atoms with Crippen LogP contribution in [0.2, 0.25) is 0 Å². The number of amides is 1. The van der Waals surface area contributed by atoms with Crippen LogP contribution in [-0.4, -0.2) is 41.9 Å². The molecule has 0 radical (unpaired) electrons. The van der Waals surface area contributed by atoms with Crippen molar-refractivity contribution in [2.24, 2.45) is 11.8 Å². The second-order valence-electron chi connectivity index (χ2n) is 10.4. The van der Waals surface area contributed by atoms with Gasteiger partial charge in [0.1, 0.15) is 11.6 Å². The standard InChI is InChI=1S/C30H31F5N2O/c1-20(2)15-37(29(38)22-9-11-26(31)12-10-22)18-24-17-36(16-21-5-3-8-27(32)13-21)19-28(24)23-6-4-7-25(14-23)30(33,34)35/h3-14,20,24,28H,15-19H2,1-2H3/t24-,28-/m0/s1. The number of likely N-dealkylation sites (tertiary alicyclic amines) is 1. The van der Waals surface area contributed by atoms with Crippen molar-refractivity contribution in [1.82, 2.24) is 9.80 Å². The third kappa shape index (κ3) is 6.98. The average molecular weight is 531 g/mol. The maximum atomic E-state index is 13.8. The molecule has 3 aromatic carbocycles. The van der Waals surface area contributed by atoms with Crippen molar-refractivity contribution < 1.29 is 26.7 Å². The van der Waals surface area contributed by atoms with Gasteiger partial charge in [-0.05, 0) is 65.4 Å². The molecule has 2 atom stereocenters. The lowest BCUT2D eigenvalue weighted by Gasteiger charge is -2.30. The molecule has 202 valence electrons. The average Bonchev–Trinajstić information content (AvgIpc) is 3.25. The van der Waals surface area contributed by atoms with Crippen molar-refractivity contribution in [1.29, 1.82) is 0 Å². The Bertz CT molecular complexity index is 1240. The van der Waals surface area contributed by atoms with Gasteiger partial charge in [-0.1, -0.05) is 44.2 Å². The molecule has 3 nitrogen and oxygen atoms in total. The van der Waals surface area contributed by atoms with Crippen molar-refractivity contribution in [2.75, 3.05) is 26.2 Å². The zero-order valence-corrected chi connectivity index (χ0v) is 21.4. The van der Waals surface area contributed by atoms with Crippen LogP contribution < -0.4 is 0 Å². The molecular weight excluding hydrogens is 499 g/mol. The van der Waals surface area contributed by atoms with E-state index in [2.05, 4.69) is 4.90 Å². The van der Waals surface area contributed by atoms with Gasteiger partial charge in [-0.2, -0.15) is 13.2 Å². The molecule has 3 aromatic rings. The number of carbonyl (C=O) groups excluding carboxylic acids is 1. The number of benzene rings is 3. The Morgan fingerprint density at radius 3 is 2.32 bits per heavy atom. The molecule has 0 saturated carbocycles. The quantitative estimate of drug-likeness (QED) is 0.293. The van der Waals surface area contributed by atoms with Crippen molar-refractivity contribution in [3.8, 4) is 0 Å². The van der Waals surface area contributed by atoms with E-state index in [1.165, 1.54) is 48.5 Å². The number of nitrogens with zero attached hydrogens (tertiary/aromatic N) is 2. The number of hydrogen-bond acceptors (Lipinski definition) is 2. The van der Waals surface area contributed by atoms with Crippen molar-refractivity contribution in [2.45, 2.75) is 32.5 Å². The van der Waals surface area contributed by atoms with E-state index in [0.29, 0.717) is 43.9 Å². The van der Waals surface area contributed by atoms with Gasteiger partial charge in [-0.3, -0.25) is 9.69 Å². The lowest BCUT2D eigenvalue weighted by molar-refractivity contribution is -0.137. The summed E-state index contributed by atoms with van der Waals surface area (Å²) in [4.78, 5) is 17.2. The number of alkyl halides is 3. The molecule has 38 heavy (non-hydrogen) atoms. The highest BCUT2D eigenvalue weighted by atomic mass is 19.4. The Kier molecular flexibility index (Phi) is 8.51. The van der Waals surface area contributed by atoms with Gasteiger partial charge in [-0.25, -0.2) is 8.78 Å². The zero-order chi connectivity index (χ0) is 27.4. The molecule has 0 bridgehead atoms. The van der Waals surface area contributed by atoms with E-state index < -0.39 is 17.6 Å². The van der Waals surface area contributed by atoms with E-state index >= 15 is 0 Å². The fraction of sp³-hybridized carbons (Fsp3) is 0.367. The highest BCUT2D eigenvalue weighted by Gasteiger charge is 2.38. The van der Waals surface area contributed by atoms with E-state index in [1.807, 2.05) is 19.9 Å². The first-order valence-electron chi connectivity index (χ1n) is 12.7. The molecule has 0 N–H and O–H groups in total. The Morgan fingerprint density at radius 1 is 0.947 bits per heavy atom. The first-order chi connectivity index (χ1) is 18.0. The minimum atomic E-state index is -4.46. The lowest BCUT2D eigenvalue weighted by atomic mass is 9.87. The Labute approximate surface area is 219 Å². The SMILES string of the molecule is CC(C)CN(C[C@@H]1CN(Cc2cccc(F)c2)C[C@H]1c1cccc(C(F)(F)F)c1)C(=O)c1ccc(F)cc1. The molecule has 4 rings (SSSR count). The number of carbonyl (C=O) groups is 1. The highest BCUT2D eigenvalue weighted by molar-refractivity contribution is 5.94. The monoisotopic (exact) mass is 530 g/mol. The second-order valence-corrected chi connectivity index (χ2v) is 10.4. The molecule has 0 unspecified atom stereocenters. The summed E-state index contributed by atoms with van der Waals surface area (Å²) in [6.07, 6.45) is -4.46. The fourth-order valence-electron chi connectivity index (χ4n) is 5.23.